The van der Waals surface area contributed by atoms with Crippen molar-refractivity contribution >= 4 is 16.8 Å². The van der Waals surface area contributed by atoms with Crippen molar-refractivity contribution in [2.24, 2.45) is 7.05 Å². The van der Waals surface area contributed by atoms with E-state index in [9.17, 15) is 9.18 Å². The third kappa shape index (κ3) is 3.03. The van der Waals surface area contributed by atoms with Crippen molar-refractivity contribution in [3.63, 3.8) is 0 Å². The van der Waals surface area contributed by atoms with Crippen LogP contribution in [0, 0.1) is 5.82 Å². The van der Waals surface area contributed by atoms with Crippen LogP contribution in [0.1, 0.15) is 16.1 Å². The smallest absolute Gasteiger partial charge is 0.268 e. The molecule has 1 amide bonds. The van der Waals surface area contributed by atoms with E-state index in [1.54, 1.807) is 62.2 Å². The molecule has 6 heteroatoms. The summed E-state index contributed by atoms with van der Waals surface area (Å²) < 4.78 is 26.2. The van der Waals surface area contributed by atoms with Crippen LogP contribution in [0.4, 0.5) is 4.39 Å². The second kappa shape index (κ2) is 6.84. The van der Waals surface area contributed by atoms with Crippen LogP contribution in [-0.2, 0) is 13.6 Å². The molecule has 2 aromatic carbocycles. The highest BCUT2D eigenvalue weighted by molar-refractivity contribution is 6.02. The molecule has 25 heavy (non-hydrogen) atoms. The number of rotatable bonds is 5. The maximum atomic E-state index is 13.7. The molecule has 0 radical (unpaired) electrons. The topological polar surface area (TPSA) is 52.5 Å². The van der Waals surface area contributed by atoms with Gasteiger partial charge in [-0.15, -0.1) is 0 Å². The lowest BCUT2D eigenvalue weighted by molar-refractivity contribution is 0.0943. The molecule has 3 aromatic rings. The predicted octanol–water partition coefficient (Wildman–Crippen LogP) is 3.26. The van der Waals surface area contributed by atoms with E-state index in [1.807, 2.05) is 0 Å². The largest absolute Gasteiger partial charge is 0.496 e. The van der Waals surface area contributed by atoms with Crippen molar-refractivity contribution in [1.82, 2.24) is 9.88 Å². The predicted molar refractivity (Wildman–Crippen MR) is 93.6 cm³/mol. The van der Waals surface area contributed by atoms with Crippen LogP contribution in [0.5, 0.6) is 11.5 Å². The molecule has 1 heterocycles. The molecule has 0 aliphatic heterocycles. The number of hydrogen-bond acceptors (Lipinski definition) is 3. The van der Waals surface area contributed by atoms with E-state index in [-0.39, 0.29) is 18.3 Å². The monoisotopic (exact) mass is 342 g/mol. The maximum Gasteiger partial charge on any atom is 0.268 e. The van der Waals surface area contributed by atoms with Crippen molar-refractivity contribution in [3.8, 4) is 11.5 Å². The van der Waals surface area contributed by atoms with Gasteiger partial charge in [-0.1, -0.05) is 18.2 Å². The van der Waals surface area contributed by atoms with Crippen LogP contribution >= 0.6 is 0 Å². The van der Waals surface area contributed by atoms with E-state index in [0.29, 0.717) is 22.8 Å². The molecule has 0 saturated carbocycles. The number of fused-ring (bicyclic) bond motifs is 1. The Morgan fingerprint density at radius 2 is 1.80 bits per heavy atom. The van der Waals surface area contributed by atoms with Gasteiger partial charge in [-0.3, -0.25) is 4.79 Å². The Morgan fingerprint density at radius 1 is 1.12 bits per heavy atom. The zero-order valence-corrected chi connectivity index (χ0v) is 14.3. The highest BCUT2D eigenvalue weighted by Crippen LogP contribution is 2.35. The Labute approximate surface area is 145 Å². The summed E-state index contributed by atoms with van der Waals surface area (Å²) in [7, 11) is 4.93. The maximum absolute atomic E-state index is 13.7. The van der Waals surface area contributed by atoms with E-state index in [1.165, 1.54) is 6.07 Å². The Bertz CT molecular complexity index is 934. The van der Waals surface area contributed by atoms with Crippen molar-refractivity contribution < 1.29 is 18.7 Å². The summed E-state index contributed by atoms with van der Waals surface area (Å²) in [6.45, 7) is 0.112. The SMILES string of the molecule is COc1ccc(OC)c2c1cc(C(=O)NCc1ccccc1F)n2C. The number of aryl methyl sites for hydroxylation is 1. The van der Waals surface area contributed by atoms with Crippen molar-refractivity contribution in [1.29, 1.82) is 0 Å². The van der Waals surface area contributed by atoms with Crippen molar-refractivity contribution in [2.75, 3.05) is 14.2 Å². The molecule has 0 unspecified atom stereocenters. The number of amides is 1. The van der Waals surface area contributed by atoms with Gasteiger partial charge in [0.25, 0.3) is 5.91 Å². The van der Waals surface area contributed by atoms with Crippen LogP contribution in [0.2, 0.25) is 0 Å². The highest BCUT2D eigenvalue weighted by atomic mass is 19.1. The first-order valence-corrected chi connectivity index (χ1v) is 7.78. The molecule has 130 valence electrons. The number of benzene rings is 2. The molecule has 1 aromatic heterocycles. The minimum Gasteiger partial charge on any atom is -0.496 e. The molecule has 0 aliphatic carbocycles. The van der Waals surface area contributed by atoms with Gasteiger partial charge < -0.3 is 19.4 Å². The molecule has 0 bridgehead atoms. The van der Waals surface area contributed by atoms with E-state index < -0.39 is 0 Å². The second-order valence-corrected chi connectivity index (χ2v) is 5.60. The molecule has 5 nitrogen and oxygen atoms in total. The standard InChI is InChI=1S/C19H19FN2O3/c1-22-15(19(23)21-11-12-6-4-5-7-14(12)20)10-13-16(24-2)8-9-17(25-3)18(13)22/h4-10H,11H2,1-3H3,(H,21,23). The van der Waals surface area contributed by atoms with Gasteiger partial charge in [-0.05, 0) is 24.3 Å². The fourth-order valence-corrected chi connectivity index (χ4v) is 2.88. The zero-order valence-electron chi connectivity index (χ0n) is 14.3. The number of methoxy groups -OCH3 is 2. The number of halogens is 1. The number of carbonyl (C=O) groups excluding carboxylic acids is 1. The van der Waals surface area contributed by atoms with Crippen LogP contribution < -0.4 is 14.8 Å². The van der Waals surface area contributed by atoms with Crippen molar-refractivity contribution in [3.05, 3.63) is 59.5 Å². The summed E-state index contributed by atoms with van der Waals surface area (Å²) >= 11 is 0. The van der Waals surface area contributed by atoms with Gasteiger partial charge in [0.2, 0.25) is 0 Å². The van der Waals surface area contributed by atoms with Gasteiger partial charge >= 0.3 is 0 Å². The summed E-state index contributed by atoms with van der Waals surface area (Å²) in [5.41, 5.74) is 1.64. The number of nitrogens with zero attached hydrogens (tertiary/aromatic N) is 1. The molecule has 0 saturated heterocycles. The van der Waals surface area contributed by atoms with E-state index >= 15 is 0 Å². The van der Waals surface area contributed by atoms with Gasteiger partial charge in [-0.25, -0.2) is 4.39 Å². The summed E-state index contributed by atoms with van der Waals surface area (Å²) in [6, 6.07) is 11.7. The lowest BCUT2D eigenvalue weighted by atomic mass is 10.2. The molecular formula is C19H19FN2O3. The Balaban J connectivity index is 1.94. The Hall–Kier alpha value is -3.02. The first kappa shape index (κ1) is 16.8. The fraction of sp³-hybridized carbons (Fsp3) is 0.211. The lowest BCUT2D eigenvalue weighted by Gasteiger charge is -2.09. The number of aromatic nitrogens is 1. The van der Waals surface area contributed by atoms with Gasteiger partial charge in [-0.2, -0.15) is 0 Å². The molecule has 0 atom stereocenters. The normalized spacial score (nSPS) is 10.7. The Kier molecular flexibility index (Phi) is 4.61. The molecule has 0 spiro atoms. The van der Waals surface area contributed by atoms with Gasteiger partial charge in [0.1, 0.15) is 23.0 Å². The first-order valence-electron chi connectivity index (χ1n) is 7.78. The van der Waals surface area contributed by atoms with Gasteiger partial charge in [0.15, 0.2) is 0 Å². The summed E-state index contributed by atoms with van der Waals surface area (Å²) in [5, 5.41) is 3.53. The quantitative estimate of drug-likeness (QED) is 0.774. The van der Waals surface area contributed by atoms with Crippen LogP contribution in [-0.4, -0.2) is 24.7 Å². The van der Waals surface area contributed by atoms with Gasteiger partial charge in [0.05, 0.1) is 19.7 Å². The minimum absolute atomic E-state index is 0.112. The summed E-state index contributed by atoms with van der Waals surface area (Å²) in [5.74, 6) is 0.653. The van der Waals surface area contributed by atoms with Crippen LogP contribution in [0.25, 0.3) is 10.9 Å². The molecule has 1 N–H and O–H groups in total. The average molecular weight is 342 g/mol. The van der Waals surface area contributed by atoms with E-state index in [4.69, 9.17) is 9.47 Å². The molecule has 0 aliphatic rings. The number of ether oxygens (including phenoxy) is 2. The number of hydrogen-bond donors (Lipinski definition) is 1. The van der Waals surface area contributed by atoms with Gasteiger partial charge in [0, 0.05) is 24.5 Å². The first-order chi connectivity index (χ1) is 12.1. The number of nitrogens with one attached hydrogen (secondary N) is 1. The third-order valence-electron chi connectivity index (χ3n) is 4.19. The zero-order chi connectivity index (χ0) is 18.0. The fourth-order valence-electron chi connectivity index (χ4n) is 2.88. The van der Waals surface area contributed by atoms with Crippen molar-refractivity contribution in [2.45, 2.75) is 6.54 Å². The van der Waals surface area contributed by atoms with Crippen LogP contribution in [0.15, 0.2) is 42.5 Å². The average Bonchev–Trinajstić information content (AvgIpc) is 2.98. The molecular weight excluding hydrogens is 323 g/mol. The third-order valence-corrected chi connectivity index (χ3v) is 4.19. The number of carbonyl (C=O) groups is 1. The lowest BCUT2D eigenvalue weighted by Crippen LogP contribution is -2.25. The Morgan fingerprint density at radius 3 is 2.48 bits per heavy atom. The molecule has 0 fully saturated rings. The minimum atomic E-state index is -0.344. The molecule has 3 rings (SSSR count). The van der Waals surface area contributed by atoms with E-state index in [2.05, 4.69) is 5.32 Å². The van der Waals surface area contributed by atoms with E-state index in [0.717, 1.165) is 10.9 Å². The summed E-state index contributed by atoms with van der Waals surface area (Å²) in [6.07, 6.45) is 0. The van der Waals surface area contributed by atoms with Crippen LogP contribution in [0.3, 0.4) is 0 Å². The summed E-state index contributed by atoms with van der Waals surface area (Å²) in [4.78, 5) is 12.6. The second-order valence-electron chi connectivity index (χ2n) is 5.60. The highest BCUT2D eigenvalue weighted by Gasteiger charge is 2.19.